The Labute approximate surface area is 299 Å². The molecule has 50 heavy (non-hydrogen) atoms. The van der Waals surface area contributed by atoms with Crippen molar-refractivity contribution in [3.05, 3.63) is 52.1 Å². The SMILES string of the molecule is CO[C@@H]1/C=C/C=C(\C)Cc2cc(C)c(Cl)c(c2)N(C)C(=O)C[C@H](OC(=O)[C@H](C)N(C)C(=O)CCCN)[C@]2(C)O[C@H]2[C@H](C)[C@@H]2C[C@@]1(O)CC(=O)O2. The number of aryl methyl sites for hydroxylation is 1. The summed E-state index contributed by atoms with van der Waals surface area (Å²) in [5, 5.41) is 12.2. The third kappa shape index (κ3) is 8.59. The van der Waals surface area contributed by atoms with Crippen LogP contribution < -0.4 is 10.6 Å². The Balaban J connectivity index is 1.74. The number of fused-ring (bicyclic) bond motifs is 5. The van der Waals surface area contributed by atoms with Crippen molar-refractivity contribution < 1.29 is 43.2 Å². The molecule has 2 fully saturated rings. The Morgan fingerprint density at radius 1 is 1.26 bits per heavy atom. The van der Waals surface area contributed by atoms with Crippen molar-refractivity contribution in [3.8, 4) is 0 Å². The molecular weight excluding hydrogens is 666 g/mol. The largest absolute Gasteiger partial charge is 0.462 e. The Morgan fingerprint density at radius 2 is 1.96 bits per heavy atom. The summed E-state index contributed by atoms with van der Waals surface area (Å²) in [5.74, 6) is -2.39. The first kappa shape index (κ1) is 39.5. The van der Waals surface area contributed by atoms with Crippen molar-refractivity contribution >= 4 is 41.0 Å². The number of nitrogens with zero attached hydrogens (tertiary/aromatic N) is 2. The predicted octanol–water partition coefficient (Wildman–Crippen LogP) is 3.80. The molecule has 0 radical (unpaired) electrons. The molecule has 13 heteroatoms. The summed E-state index contributed by atoms with van der Waals surface area (Å²) in [5.41, 5.74) is 6.06. The normalized spacial score (nSPS) is 32.6. The first-order valence-corrected chi connectivity index (χ1v) is 17.5. The number of nitrogens with two attached hydrogens (primary N) is 1. The van der Waals surface area contributed by atoms with Crippen molar-refractivity contribution in [1.29, 1.82) is 0 Å². The van der Waals surface area contributed by atoms with Crippen LogP contribution in [0.1, 0.15) is 70.9 Å². The summed E-state index contributed by atoms with van der Waals surface area (Å²) in [6, 6.07) is 2.87. The minimum Gasteiger partial charge on any atom is -0.462 e. The molecule has 3 aliphatic heterocycles. The number of amides is 2. The van der Waals surface area contributed by atoms with Gasteiger partial charge in [0.2, 0.25) is 11.8 Å². The summed E-state index contributed by atoms with van der Waals surface area (Å²) in [6.07, 6.45) is 2.93. The van der Waals surface area contributed by atoms with Crippen LogP contribution in [0.2, 0.25) is 5.02 Å². The number of allylic oxidation sites excluding steroid dienone is 3. The Morgan fingerprint density at radius 3 is 2.62 bits per heavy atom. The zero-order valence-electron chi connectivity index (χ0n) is 30.4. The van der Waals surface area contributed by atoms with Crippen molar-refractivity contribution in [2.24, 2.45) is 11.7 Å². The van der Waals surface area contributed by atoms with Crippen LogP contribution in [-0.2, 0) is 44.5 Å². The minimum absolute atomic E-state index is 0.0733. The summed E-state index contributed by atoms with van der Waals surface area (Å²) in [4.78, 5) is 56.0. The molecule has 0 unspecified atom stereocenters. The summed E-state index contributed by atoms with van der Waals surface area (Å²) < 4.78 is 23.8. The monoisotopic (exact) mass is 717 g/mol. The molecule has 1 aromatic carbocycles. The maximum absolute atomic E-state index is 14.0. The number of hydrogen-bond donors (Lipinski definition) is 2. The maximum Gasteiger partial charge on any atom is 0.328 e. The van der Waals surface area contributed by atoms with E-state index in [1.165, 1.54) is 24.0 Å². The number of halogens is 1. The number of rotatable bonds is 7. The Kier molecular flexibility index (Phi) is 12.6. The molecule has 4 rings (SSSR count). The number of epoxide rings is 1. The highest BCUT2D eigenvalue weighted by molar-refractivity contribution is 6.34. The molecule has 3 aliphatic rings. The summed E-state index contributed by atoms with van der Waals surface area (Å²) in [7, 11) is 4.62. The molecule has 2 saturated heterocycles. The van der Waals surface area contributed by atoms with Gasteiger partial charge in [-0.05, 0) is 64.3 Å². The van der Waals surface area contributed by atoms with Gasteiger partial charge in [0.05, 0.1) is 29.7 Å². The zero-order chi connectivity index (χ0) is 37.1. The molecule has 0 saturated carbocycles. The van der Waals surface area contributed by atoms with Gasteiger partial charge in [0.15, 0.2) is 0 Å². The fourth-order valence-corrected chi connectivity index (χ4v) is 7.17. The van der Waals surface area contributed by atoms with Crippen molar-refractivity contribution in [1.82, 2.24) is 4.90 Å². The van der Waals surface area contributed by atoms with Gasteiger partial charge in [-0.1, -0.05) is 48.4 Å². The highest BCUT2D eigenvalue weighted by Crippen LogP contribution is 2.49. The first-order valence-electron chi connectivity index (χ1n) is 17.1. The van der Waals surface area contributed by atoms with Gasteiger partial charge in [0, 0.05) is 40.0 Å². The Hall–Kier alpha value is -3.29. The van der Waals surface area contributed by atoms with E-state index in [2.05, 4.69) is 0 Å². The standard InChI is InChI=1S/C37H52ClN3O9/c1-21-11-9-12-28(47-8)37(46)19-27(48-32(44)20-37)23(3)34-36(5,50-34)29(49-35(45)24(4)40(6)30(42)13-10-14-39)18-31(43)41(7)26-17-25(15-21)16-22(2)33(26)38/h9,11-12,16-17,23-24,27-29,34,46H,10,13-15,18-20,39H2,1-8H3/b12-9+,21-11+/t23-,24+,27+,28-,29+,34+,36+,37-/m1/s1. The van der Waals surface area contributed by atoms with Gasteiger partial charge >= 0.3 is 11.9 Å². The smallest absolute Gasteiger partial charge is 0.328 e. The van der Waals surface area contributed by atoms with Crippen molar-refractivity contribution in [2.75, 3.05) is 32.6 Å². The molecule has 0 aliphatic carbocycles. The van der Waals surface area contributed by atoms with Crippen LogP contribution in [0.4, 0.5) is 5.69 Å². The van der Waals surface area contributed by atoms with Gasteiger partial charge in [-0.15, -0.1) is 0 Å². The third-order valence-corrected chi connectivity index (χ3v) is 10.9. The second kappa shape index (κ2) is 15.9. The molecule has 2 amide bonds. The van der Waals surface area contributed by atoms with Crippen LogP contribution in [-0.4, -0.2) is 103 Å². The van der Waals surface area contributed by atoms with E-state index < -0.39 is 59.5 Å². The molecule has 276 valence electrons. The van der Waals surface area contributed by atoms with Gasteiger partial charge in [0.1, 0.15) is 35.6 Å². The van der Waals surface area contributed by atoms with Gasteiger partial charge in [-0.3, -0.25) is 14.4 Å². The highest BCUT2D eigenvalue weighted by Gasteiger charge is 2.64. The number of likely N-dealkylation sites (N-methyl/N-ethyl adjacent to an activating group) is 1. The fourth-order valence-electron chi connectivity index (χ4n) is 6.94. The lowest BCUT2D eigenvalue weighted by Crippen LogP contribution is -2.53. The maximum atomic E-state index is 14.0. The lowest BCUT2D eigenvalue weighted by atomic mass is 9.78. The van der Waals surface area contributed by atoms with E-state index >= 15 is 0 Å². The average Bonchev–Trinajstić information content (AvgIpc) is 3.76. The summed E-state index contributed by atoms with van der Waals surface area (Å²) in [6.45, 7) is 9.31. The zero-order valence-corrected chi connectivity index (χ0v) is 31.1. The van der Waals surface area contributed by atoms with E-state index in [0.717, 1.165) is 16.7 Å². The number of hydrogen-bond acceptors (Lipinski definition) is 10. The van der Waals surface area contributed by atoms with Gasteiger partial charge in [-0.25, -0.2) is 4.79 Å². The number of anilines is 1. The molecule has 3 heterocycles. The van der Waals surface area contributed by atoms with Gasteiger partial charge in [0.25, 0.3) is 0 Å². The molecule has 8 atom stereocenters. The van der Waals surface area contributed by atoms with Crippen LogP contribution in [0.5, 0.6) is 0 Å². The number of aliphatic hydroxyl groups is 1. The Bertz CT molecular complexity index is 1530. The quantitative estimate of drug-likeness (QED) is 0.314. The molecular formula is C37H52ClN3O9. The number of benzene rings is 1. The second-order valence-electron chi connectivity index (χ2n) is 14.2. The molecule has 0 aromatic heterocycles. The average molecular weight is 718 g/mol. The lowest BCUT2D eigenvalue weighted by molar-refractivity contribution is -0.187. The first-order chi connectivity index (χ1) is 23.4. The van der Waals surface area contributed by atoms with Crippen molar-refractivity contribution in [3.63, 3.8) is 0 Å². The van der Waals surface area contributed by atoms with Crippen LogP contribution >= 0.6 is 11.6 Å². The predicted molar refractivity (Wildman–Crippen MR) is 189 cm³/mol. The fraction of sp³-hybridized carbons (Fsp3) is 0.622. The number of esters is 2. The number of carbonyl (C=O) groups excluding carboxylic acids is 4. The molecule has 0 spiro atoms. The van der Waals surface area contributed by atoms with Gasteiger partial charge < -0.3 is 39.6 Å². The highest BCUT2D eigenvalue weighted by atomic mass is 35.5. The van der Waals surface area contributed by atoms with Crippen LogP contribution in [0, 0.1) is 12.8 Å². The third-order valence-electron chi connectivity index (χ3n) is 10.4. The van der Waals surface area contributed by atoms with E-state index in [1.54, 1.807) is 33.0 Å². The van der Waals surface area contributed by atoms with E-state index in [0.29, 0.717) is 30.1 Å². The van der Waals surface area contributed by atoms with Crippen LogP contribution in [0.15, 0.2) is 35.9 Å². The van der Waals surface area contributed by atoms with E-state index in [9.17, 15) is 24.3 Å². The minimum atomic E-state index is -1.56. The van der Waals surface area contributed by atoms with E-state index in [1.807, 2.05) is 39.0 Å². The lowest BCUT2D eigenvalue weighted by Gasteiger charge is -2.41. The van der Waals surface area contributed by atoms with Crippen LogP contribution in [0.25, 0.3) is 0 Å². The van der Waals surface area contributed by atoms with Gasteiger partial charge in [-0.2, -0.15) is 0 Å². The van der Waals surface area contributed by atoms with Crippen molar-refractivity contribution in [2.45, 2.75) is 115 Å². The molecule has 12 nitrogen and oxygen atoms in total. The second-order valence-corrected chi connectivity index (χ2v) is 14.6. The number of carbonyl (C=O) groups is 4. The molecule has 1 aromatic rings. The summed E-state index contributed by atoms with van der Waals surface area (Å²) >= 11 is 6.75. The van der Waals surface area contributed by atoms with E-state index in [4.69, 9.17) is 36.3 Å². The molecule has 3 N–H and O–H groups in total. The van der Waals surface area contributed by atoms with Crippen LogP contribution in [0.3, 0.4) is 0 Å². The molecule has 4 bridgehead atoms. The number of ether oxygens (including phenoxy) is 4. The van der Waals surface area contributed by atoms with E-state index in [-0.39, 0.29) is 37.5 Å². The topological polar surface area (TPSA) is 161 Å². The number of methoxy groups -OCH3 is 1.